The minimum Gasteiger partial charge on any atom is -0.462 e. The van der Waals surface area contributed by atoms with E-state index in [4.69, 9.17) is 39.5 Å². The fourth-order valence-electron chi connectivity index (χ4n) is 5.59. The largest absolute Gasteiger partial charge is 0.462 e. The predicted octanol–water partition coefficient (Wildman–Crippen LogP) is 9.23. The summed E-state index contributed by atoms with van der Waals surface area (Å²) >= 11 is 21.4. The van der Waals surface area contributed by atoms with Crippen LogP contribution in [-0.2, 0) is 14.9 Å². The molecule has 11 heteroatoms. The highest BCUT2D eigenvalue weighted by molar-refractivity contribution is 9.10. The molecule has 2 aliphatic rings. The average Bonchev–Trinajstić information content (AvgIpc) is 3.26. The van der Waals surface area contributed by atoms with Gasteiger partial charge in [0, 0.05) is 0 Å². The molecule has 0 aromatic heterocycles. The summed E-state index contributed by atoms with van der Waals surface area (Å²) in [6.45, 7) is 3.20. The van der Waals surface area contributed by atoms with Crippen LogP contribution in [0.15, 0.2) is 39.8 Å². The number of hydrogen-bond donors (Lipinski definition) is 0. The quantitative estimate of drug-likeness (QED) is 0.183. The summed E-state index contributed by atoms with van der Waals surface area (Å²) in [6.07, 6.45) is -2.34. The maximum Gasteiger partial charge on any atom is 0.401 e. The van der Waals surface area contributed by atoms with Crippen molar-refractivity contribution in [3.63, 3.8) is 0 Å². The normalized spacial score (nSPS) is 26.0. The molecule has 4 rings (SSSR count). The van der Waals surface area contributed by atoms with E-state index in [2.05, 4.69) is 20.9 Å². The number of carbonyl (C=O) groups is 1. The van der Waals surface area contributed by atoms with Crippen LogP contribution < -0.4 is 0 Å². The Labute approximate surface area is 242 Å². The molecule has 0 radical (unpaired) electrons. The molecule has 1 aliphatic heterocycles. The van der Waals surface area contributed by atoms with Crippen molar-refractivity contribution in [3.8, 4) is 0 Å². The average molecular weight is 658 g/mol. The lowest BCUT2D eigenvalue weighted by molar-refractivity contribution is -0.204. The summed E-state index contributed by atoms with van der Waals surface area (Å²) in [7, 11) is 0. The monoisotopic (exact) mass is 655 g/mol. The van der Waals surface area contributed by atoms with E-state index < -0.39 is 41.9 Å². The van der Waals surface area contributed by atoms with Gasteiger partial charge < -0.3 is 4.74 Å². The first-order valence-electron chi connectivity index (χ1n) is 12.2. The molecule has 4 atom stereocenters. The van der Waals surface area contributed by atoms with Crippen molar-refractivity contribution in [1.82, 2.24) is 0 Å². The zero-order valence-corrected chi connectivity index (χ0v) is 24.4. The van der Waals surface area contributed by atoms with Crippen LogP contribution in [0.4, 0.5) is 17.6 Å². The van der Waals surface area contributed by atoms with Gasteiger partial charge in [-0.25, -0.2) is 4.39 Å². The molecule has 0 bridgehead atoms. The highest BCUT2D eigenvalue weighted by Crippen LogP contribution is 2.53. The van der Waals surface area contributed by atoms with Crippen LogP contribution in [0, 0.1) is 23.6 Å². The number of carbonyl (C=O) groups excluding carboxylic acids is 1. The lowest BCUT2D eigenvalue weighted by Gasteiger charge is -2.39. The molecule has 2 aromatic rings. The third kappa shape index (κ3) is 5.35. The third-order valence-electron chi connectivity index (χ3n) is 7.60. The van der Waals surface area contributed by atoms with Crippen LogP contribution in [0.25, 0.3) is 0 Å². The van der Waals surface area contributed by atoms with E-state index in [0.717, 1.165) is 37.5 Å². The van der Waals surface area contributed by atoms with Crippen molar-refractivity contribution >= 4 is 62.4 Å². The molecule has 0 spiro atoms. The summed E-state index contributed by atoms with van der Waals surface area (Å²) in [5.74, 6) is -3.33. The van der Waals surface area contributed by atoms with Gasteiger partial charge in [0.2, 0.25) is 0 Å². The molecular formula is C27H25BrCl3F4NO2. The first-order chi connectivity index (χ1) is 17.8. The molecule has 38 heavy (non-hydrogen) atoms. The number of halogens is 8. The summed E-state index contributed by atoms with van der Waals surface area (Å²) in [6, 6.07) is 5.84. The fraction of sp³-hybridized carbons (Fsp3) is 0.481. The van der Waals surface area contributed by atoms with Gasteiger partial charge in [0.1, 0.15) is 23.3 Å². The first-order valence-corrected chi connectivity index (χ1v) is 14.1. The van der Waals surface area contributed by atoms with E-state index in [1.165, 1.54) is 12.1 Å². The minimum atomic E-state index is -4.97. The molecule has 0 N–H and O–H groups in total. The summed E-state index contributed by atoms with van der Waals surface area (Å²) in [5, 5.41) is -0.470. The zero-order chi connectivity index (χ0) is 28.0. The zero-order valence-electron chi connectivity index (χ0n) is 20.5. The number of ether oxygens (including phenoxy) is 1. The van der Waals surface area contributed by atoms with E-state index in [0.29, 0.717) is 6.42 Å². The molecule has 2 unspecified atom stereocenters. The van der Waals surface area contributed by atoms with Crippen LogP contribution in [0.2, 0.25) is 15.1 Å². The van der Waals surface area contributed by atoms with E-state index in [1.807, 2.05) is 13.8 Å². The minimum absolute atomic E-state index is 0.0224. The molecule has 1 fully saturated rings. The smallest absolute Gasteiger partial charge is 0.401 e. The second-order valence-electron chi connectivity index (χ2n) is 10.2. The van der Waals surface area contributed by atoms with Gasteiger partial charge in [-0.05, 0) is 82.4 Å². The lowest BCUT2D eigenvalue weighted by atomic mass is 9.68. The van der Waals surface area contributed by atoms with Crippen LogP contribution in [-0.4, -0.2) is 30.5 Å². The standard InChI is InChI=1S/C27H25BrCl3F4NO2/c1-13(2)16-5-3-4-6-21(16)38-25(37)22-24(14-7-8-20(32)17(28)9-14)36-12-26(22,27(33,34)35)15-10-18(29)23(31)19(30)11-15/h7-11,13,16,21-22H,3-6,12H2,1-2H3/t16-,21+,22?,26?/m1/s1. The summed E-state index contributed by atoms with van der Waals surface area (Å²) in [4.78, 5) is 18.1. The molecule has 0 saturated heterocycles. The van der Waals surface area contributed by atoms with Crippen molar-refractivity contribution in [3.05, 3.63) is 66.8 Å². The molecule has 1 saturated carbocycles. The Morgan fingerprint density at radius 3 is 2.32 bits per heavy atom. The maximum atomic E-state index is 15.2. The molecule has 0 amide bonds. The molecule has 3 nitrogen and oxygen atoms in total. The van der Waals surface area contributed by atoms with E-state index in [-0.39, 0.29) is 48.2 Å². The molecular weight excluding hydrogens is 633 g/mol. The van der Waals surface area contributed by atoms with Crippen LogP contribution in [0.1, 0.15) is 50.7 Å². The fourth-order valence-corrected chi connectivity index (χ4v) is 6.57. The molecule has 1 heterocycles. The highest BCUT2D eigenvalue weighted by Gasteiger charge is 2.67. The van der Waals surface area contributed by atoms with Crippen LogP contribution in [0.3, 0.4) is 0 Å². The van der Waals surface area contributed by atoms with Crippen molar-refractivity contribution < 1.29 is 27.1 Å². The van der Waals surface area contributed by atoms with E-state index in [9.17, 15) is 9.18 Å². The van der Waals surface area contributed by atoms with Gasteiger partial charge in [0.15, 0.2) is 0 Å². The van der Waals surface area contributed by atoms with Gasteiger partial charge in [-0.1, -0.05) is 61.1 Å². The van der Waals surface area contributed by atoms with Gasteiger partial charge in [-0.2, -0.15) is 13.2 Å². The van der Waals surface area contributed by atoms with Crippen molar-refractivity contribution in [2.75, 3.05) is 6.54 Å². The Kier molecular flexibility index (Phi) is 8.78. The lowest BCUT2D eigenvalue weighted by Crippen LogP contribution is -2.54. The SMILES string of the molecule is CC(C)[C@H]1CCCC[C@@H]1OC(=O)C1C(c2ccc(F)c(Br)c2)=NCC1(c1cc(Cl)c(Cl)c(Cl)c1)C(F)(F)F. The van der Waals surface area contributed by atoms with Gasteiger partial charge >= 0.3 is 12.1 Å². The Bertz CT molecular complexity index is 1250. The van der Waals surface area contributed by atoms with Crippen LogP contribution in [0.5, 0.6) is 0 Å². The molecule has 1 aliphatic carbocycles. The first kappa shape index (κ1) is 29.6. The number of esters is 1. The number of nitrogens with zero attached hydrogens (tertiary/aromatic N) is 1. The number of aliphatic imine (C=N–C) groups is 1. The summed E-state index contributed by atoms with van der Waals surface area (Å²) in [5.41, 5.74) is -3.16. The summed E-state index contributed by atoms with van der Waals surface area (Å²) < 4.78 is 65.6. The van der Waals surface area contributed by atoms with Crippen molar-refractivity contribution in [1.29, 1.82) is 0 Å². The molecule has 206 valence electrons. The van der Waals surface area contributed by atoms with Gasteiger partial charge in [0.05, 0.1) is 31.8 Å². The Hall–Kier alpha value is -1.35. The highest BCUT2D eigenvalue weighted by atomic mass is 79.9. The topological polar surface area (TPSA) is 38.7 Å². The third-order valence-corrected chi connectivity index (χ3v) is 9.40. The predicted molar refractivity (Wildman–Crippen MR) is 145 cm³/mol. The maximum absolute atomic E-state index is 15.2. The number of hydrogen-bond acceptors (Lipinski definition) is 3. The number of alkyl halides is 3. The Morgan fingerprint density at radius 2 is 1.74 bits per heavy atom. The van der Waals surface area contributed by atoms with E-state index >= 15 is 13.2 Å². The van der Waals surface area contributed by atoms with Gasteiger partial charge in [-0.15, -0.1) is 0 Å². The molecule has 2 aromatic carbocycles. The number of benzene rings is 2. The van der Waals surface area contributed by atoms with Crippen molar-refractivity contribution in [2.24, 2.45) is 22.7 Å². The van der Waals surface area contributed by atoms with E-state index in [1.54, 1.807) is 0 Å². The van der Waals surface area contributed by atoms with Crippen LogP contribution >= 0.6 is 50.7 Å². The second-order valence-corrected chi connectivity index (χ2v) is 12.2. The van der Waals surface area contributed by atoms with Crippen molar-refractivity contribution in [2.45, 2.75) is 57.2 Å². The van der Waals surface area contributed by atoms with Gasteiger partial charge in [-0.3, -0.25) is 9.79 Å². The van der Waals surface area contributed by atoms with Gasteiger partial charge in [0.25, 0.3) is 0 Å². The Morgan fingerprint density at radius 1 is 1.11 bits per heavy atom. The number of rotatable bonds is 5. The second kappa shape index (κ2) is 11.3. The Balaban J connectivity index is 1.88.